The minimum Gasteiger partial charge on any atom is -0.495 e. The maximum atomic E-state index is 13.9. The first-order valence-corrected chi connectivity index (χ1v) is 11.5. The van der Waals surface area contributed by atoms with E-state index in [2.05, 4.69) is 5.32 Å². The molecular formula is C30H26N2O3. The quantitative estimate of drug-likeness (QED) is 0.360. The Morgan fingerprint density at radius 2 is 1.49 bits per heavy atom. The van der Waals surface area contributed by atoms with Crippen LogP contribution in [0.2, 0.25) is 0 Å². The number of amides is 2. The second-order valence-corrected chi connectivity index (χ2v) is 8.84. The number of rotatable bonds is 5. The topological polar surface area (TPSA) is 58.6 Å². The number of fused-ring (bicyclic) bond motifs is 1. The normalized spacial score (nSPS) is 13.7. The Morgan fingerprint density at radius 1 is 0.771 bits per heavy atom. The Kier molecular flexibility index (Phi) is 5.61. The molecule has 5 nitrogen and oxygen atoms in total. The number of hydrogen-bond donors (Lipinski definition) is 1. The fourth-order valence-electron chi connectivity index (χ4n) is 4.65. The number of aryl methyl sites for hydroxylation is 3. The lowest BCUT2D eigenvalue weighted by molar-refractivity contribution is -0.120. The van der Waals surface area contributed by atoms with E-state index in [1.807, 2.05) is 87.5 Å². The number of benzene rings is 4. The zero-order chi connectivity index (χ0) is 24.7. The van der Waals surface area contributed by atoms with Gasteiger partial charge in [-0.05, 0) is 61.0 Å². The Morgan fingerprint density at radius 3 is 2.26 bits per heavy atom. The molecule has 0 spiro atoms. The average molecular weight is 463 g/mol. The number of carbonyl (C=O) groups excluding carboxylic acids is 2. The summed E-state index contributed by atoms with van der Waals surface area (Å²) in [5.74, 6) is -0.334. The number of methoxy groups -OCH3 is 1. The average Bonchev–Trinajstić information content (AvgIpc) is 3.08. The highest BCUT2D eigenvalue weighted by Crippen LogP contribution is 2.39. The highest BCUT2D eigenvalue weighted by atomic mass is 16.5. The van der Waals surface area contributed by atoms with E-state index < -0.39 is 5.91 Å². The second kappa shape index (κ2) is 8.76. The lowest BCUT2D eigenvalue weighted by Crippen LogP contribution is -2.32. The zero-order valence-electron chi connectivity index (χ0n) is 20.2. The van der Waals surface area contributed by atoms with Crippen LogP contribution in [0.5, 0.6) is 5.75 Å². The number of carbonyl (C=O) groups is 2. The molecule has 0 saturated carbocycles. The van der Waals surface area contributed by atoms with Crippen molar-refractivity contribution in [2.45, 2.75) is 20.8 Å². The van der Waals surface area contributed by atoms with Crippen molar-refractivity contribution in [3.8, 4) is 5.75 Å². The molecule has 1 aliphatic rings. The maximum absolute atomic E-state index is 13.9. The fraction of sp³-hybridized carbons (Fsp3) is 0.133. The number of anilines is 2. The van der Waals surface area contributed by atoms with Crippen LogP contribution in [0.3, 0.4) is 0 Å². The summed E-state index contributed by atoms with van der Waals surface area (Å²) in [5.41, 5.74) is 5.46. The number of ether oxygens (including phenoxy) is 1. The van der Waals surface area contributed by atoms with Crippen LogP contribution >= 0.6 is 0 Å². The summed E-state index contributed by atoms with van der Waals surface area (Å²) in [4.78, 5) is 29.1. The summed E-state index contributed by atoms with van der Waals surface area (Å²) in [6.45, 7) is 5.88. The molecule has 0 atom stereocenters. The fourth-order valence-corrected chi connectivity index (χ4v) is 4.65. The van der Waals surface area contributed by atoms with E-state index in [0.29, 0.717) is 17.0 Å². The van der Waals surface area contributed by atoms with Crippen molar-refractivity contribution in [1.29, 1.82) is 0 Å². The predicted octanol–water partition coefficient (Wildman–Crippen LogP) is 6.17. The number of nitrogens with one attached hydrogen (secondary N) is 1. The first-order chi connectivity index (χ1) is 16.9. The predicted molar refractivity (Wildman–Crippen MR) is 141 cm³/mol. The smallest absolute Gasteiger partial charge is 0.282 e. The third kappa shape index (κ3) is 3.85. The largest absolute Gasteiger partial charge is 0.495 e. The number of nitrogens with zero attached hydrogens (tertiary/aromatic N) is 1. The molecular weight excluding hydrogens is 436 g/mol. The van der Waals surface area contributed by atoms with Gasteiger partial charge in [-0.3, -0.25) is 9.59 Å². The van der Waals surface area contributed by atoms with Gasteiger partial charge in [-0.25, -0.2) is 4.90 Å². The molecule has 1 heterocycles. The van der Waals surface area contributed by atoms with Crippen molar-refractivity contribution in [2.24, 2.45) is 0 Å². The van der Waals surface area contributed by atoms with E-state index in [0.717, 1.165) is 38.7 Å². The summed E-state index contributed by atoms with van der Waals surface area (Å²) in [7, 11) is 1.53. The molecule has 0 aliphatic carbocycles. The summed E-state index contributed by atoms with van der Waals surface area (Å²) in [5, 5.41) is 5.34. The molecule has 0 aromatic heterocycles. The number of hydrogen-bond acceptors (Lipinski definition) is 4. The van der Waals surface area contributed by atoms with Crippen LogP contribution < -0.4 is 15.0 Å². The van der Waals surface area contributed by atoms with E-state index in [1.54, 1.807) is 12.1 Å². The molecule has 0 fully saturated rings. The second-order valence-electron chi connectivity index (χ2n) is 8.84. The van der Waals surface area contributed by atoms with Gasteiger partial charge >= 0.3 is 0 Å². The Balaban J connectivity index is 1.71. The Labute approximate surface area is 204 Å². The third-order valence-corrected chi connectivity index (χ3v) is 6.36. The zero-order valence-corrected chi connectivity index (χ0v) is 20.2. The van der Waals surface area contributed by atoms with Gasteiger partial charge in [0.25, 0.3) is 11.8 Å². The van der Waals surface area contributed by atoms with Crippen LogP contribution in [0.1, 0.15) is 22.3 Å². The van der Waals surface area contributed by atoms with Crippen LogP contribution in [0.25, 0.3) is 16.3 Å². The van der Waals surface area contributed by atoms with Gasteiger partial charge in [-0.2, -0.15) is 0 Å². The summed E-state index contributed by atoms with van der Waals surface area (Å²) >= 11 is 0. The van der Waals surface area contributed by atoms with Crippen molar-refractivity contribution in [3.05, 3.63) is 107 Å². The van der Waals surface area contributed by atoms with Crippen molar-refractivity contribution >= 4 is 39.5 Å². The molecule has 0 bridgehead atoms. The van der Waals surface area contributed by atoms with Crippen molar-refractivity contribution in [3.63, 3.8) is 0 Å². The minimum absolute atomic E-state index is 0.252. The molecule has 0 unspecified atom stereocenters. The van der Waals surface area contributed by atoms with Gasteiger partial charge in [0.05, 0.1) is 18.4 Å². The lowest BCUT2D eigenvalue weighted by atomic mass is 9.97. The van der Waals surface area contributed by atoms with Crippen molar-refractivity contribution < 1.29 is 14.3 Å². The molecule has 1 N–H and O–H groups in total. The van der Waals surface area contributed by atoms with Gasteiger partial charge in [0.1, 0.15) is 11.4 Å². The molecule has 5 heteroatoms. The van der Waals surface area contributed by atoms with Gasteiger partial charge in [0, 0.05) is 11.1 Å². The van der Waals surface area contributed by atoms with Crippen LogP contribution in [0.4, 0.5) is 11.4 Å². The van der Waals surface area contributed by atoms with Crippen LogP contribution in [0, 0.1) is 20.8 Å². The third-order valence-electron chi connectivity index (χ3n) is 6.36. The molecule has 4 aromatic carbocycles. The molecule has 174 valence electrons. The number of imide groups is 1. The molecule has 4 aromatic rings. The van der Waals surface area contributed by atoms with Gasteiger partial charge in [0.15, 0.2) is 0 Å². The lowest BCUT2D eigenvalue weighted by Gasteiger charge is -2.19. The van der Waals surface area contributed by atoms with Crippen molar-refractivity contribution in [1.82, 2.24) is 0 Å². The van der Waals surface area contributed by atoms with Gasteiger partial charge < -0.3 is 10.1 Å². The first-order valence-electron chi connectivity index (χ1n) is 11.5. The summed E-state index contributed by atoms with van der Waals surface area (Å²) in [6.07, 6.45) is 0. The van der Waals surface area contributed by atoms with Crippen LogP contribution in [-0.2, 0) is 9.59 Å². The molecule has 0 radical (unpaired) electrons. The van der Waals surface area contributed by atoms with E-state index in [9.17, 15) is 9.59 Å². The Hall–Kier alpha value is -4.38. The first kappa shape index (κ1) is 22.4. The molecule has 35 heavy (non-hydrogen) atoms. The van der Waals surface area contributed by atoms with Crippen molar-refractivity contribution in [2.75, 3.05) is 17.3 Å². The van der Waals surface area contributed by atoms with E-state index >= 15 is 0 Å². The minimum atomic E-state index is -0.415. The molecule has 0 saturated heterocycles. The monoisotopic (exact) mass is 462 g/mol. The van der Waals surface area contributed by atoms with E-state index in [1.165, 1.54) is 12.0 Å². The van der Waals surface area contributed by atoms with Gasteiger partial charge in [-0.1, -0.05) is 66.2 Å². The summed E-state index contributed by atoms with van der Waals surface area (Å²) in [6, 6.07) is 25.2. The van der Waals surface area contributed by atoms with Gasteiger partial charge in [0.2, 0.25) is 0 Å². The summed E-state index contributed by atoms with van der Waals surface area (Å²) < 4.78 is 5.52. The molecule has 2 amide bonds. The SMILES string of the molecule is COc1ccc(C)cc1N1C(=O)C(Nc2cccc3ccccc23)=C(c2ccc(C)cc2C)C1=O. The van der Waals surface area contributed by atoms with Crippen LogP contribution in [-0.4, -0.2) is 18.9 Å². The standard InChI is InChI=1S/C30H26N2O3/c1-18-12-14-22(20(3)16-18)27-28(31-24-11-7-9-21-8-5-6-10-23(21)24)30(34)32(29(27)33)25-17-19(2)13-15-26(25)35-4/h5-17,31H,1-4H3. The highest BCUT2D eigenvalue weighted by Gasteiger charge is 2.42. The molecule has 1 aliphatic heterocycles. The highest BCUT2D eigenvalue weighted by molar-refractivity contribution is 6.46. The van der Waals surface area contributed by atoms with E-state index in [-0.39, 0.29) is 11.6 Å². The Bertz CT molecular complexity index is 1530. The maximum Gasteiger partial charge on any atom is 0.282 e. The van der Waals surface area contributed by atoms with Gasteiger partial charge in [-0.15, -0.1) is 0 Å². The van der Waals surface area contributed by atoms with Crippen LogP contribution in [0.15, 0.2) is 84.6 Å². The van der Waals surface area contributed by atoms with E-state index in [4.69, 9.17) is 4.74 Å². The molecule has 5 rings (SSSR count).